The van der Waals surface area contributed by atoms with E-state index in [-0.39, 0.29) is 0 Å². The molecule has 12 rings (SSSR count). The number of benzene rings is 8. The third-order valence-corrected chi connectivity index (χ3v) is 13.6. The maximum atomic E-state index is 6.42. The average Bonchev–Trinajstić information content (AvgIpc) is 3.86. The van der Waals surface area contributed by atoms with E-state index in [4.69, 9.17) is 4.42 Å². The highest BCUT2D eigenvalue weighted by Crippen LogP contribution is 2.63. The number of thiophene rings is 1. The van der Waals surface area contributed by atoms with Gasteiger partial charge < -0.3 is 9.32 Å². The van der Waals surface area contributed by atoms with E-state index in [0.29, 0.717) is 0 Å². The summed E-state index contributed by atoms with van der Waals surface area (Å²) in [5.74, 6) is 0. The number of hydrogen-bond donors (Lipinski definition) is 0. The second-order valence-electron chi connectivity index (χ2n) is 14.0. The Bertz CT molecular complexity index is 3070. The summed E-state index contributed by atoms with van der Waals surface area (Å²) >= 11 is 3.79. The minimum Gasteiger partial charge on any atom is -0.456 e. The summed E-state index contributed by atoms with van der Waals surface area (Å²) in [6.45, 7) is 0. The highest BCUT2D eigenvalue weighted by Gasteiger charge is 2.50. The predicted octanol–water partition coefficient (Wildman–Crippen LogP) is 14.3. The van der Waals surface area contributed by atoms with Crippen LogP contribution in [-0.4, -0.2) is 0 Å². The molecule has 2 nitrogen and oxygen atoms in total. The van der Waals surface area contributed by atoms with Gasteiger partial charge in [0.15, 0.2) is 0 Å². The first-order valence-electron chi connectivity index (χ1n) is 18.0. The van der Waals surface area contributed by atoms with Crippen molar-refractivity contribution in [2.24, 2.45) is 0 Å². The van der Waals surface area contributed by atoms with Gasteiger partial charge in [0.2, 0.25) is 0 Å². The zero-order valence-electron chi connectivity index (χ0n) is 28.4. The van der Waals surface area contributed by atoms with Crippen LogP contribution >= 0.6 is 23.1 Å². The summed E-state index contributed by atoms with van der Waals surface area (Å²) in [4.78, 5) is 5.05. The quantitative estimate of drug-likeness (QED) is 0.182. The van der Waals surface area contributed by atoms with E-state index in [0.717, 1.165) is 39.0 Å². The molecule has 0 unspecified atom stereocenters. The van der Waals surface area contributed by atoms with Crippen molar-refractivity contribution < 1.29 is 4.42 Å². The van der Waals surface area contributed by atoms with Crippen LogP contribution < -0.4 is 4.90 Å². The van der Waals surface area contributed by atoms with Crippen molar-refractivity contribution >= 4 is 82.3 Å². The molecule has 0 N–H and O–H groups in total. The molecule has 1 aliphatic heterocycles. The molecule has 3 heterocycles. The van der Waals surface area contributed by atoms with Crippen molar-refractivity contribution in [1.82, 2.24) is 0 Å². The van der Waals surface area contributed by atoms with Gasteiger partial charge in [0.1, 0.15) is 11.2 Å². The van der Waals surface area contributed by atoms with Crippen molar-refractivity contribution in [2.75, 3.05) is 4.90 Å². The fraction of sp³-hybridized carbons (Fsp3) is 0.0204. The molecule has 2 aromatic heterocycles. The zero-order chi connectivity index (χ0) is 34.7. The molecule has 2 aliphatic rings. The van der Waals surface area contributed by atoms with Gasteiger partial charge in [-0.1, -0.05) is 115 Å². The Kier molecular flexibility index (Phi) is 6.11. The lowest BCUT2D eigenvalue weighted by molar-refractivity contribution is 0.669. The van der Waals surface area contributed by atoms with Crippen molar-refractivity contribution in [3.05, 3.63) is 198 Å². The molecule has 0 atom stereocenters. The van der Waals surface area contributed by atoms with Crippen LogP contribution in [-0.2, 0) is 5.41 Å². The number of para-hydroxylation sites is 2. The van der Waals surface area contributed by atoms with Gasteiger partial charge in [-0.25, -0.2) is 0 Å². The van der Waals surface area contributed by atoms with Crippen LogP contribution in [0.4, 0.5) is 17.1 Å². The normalized spacial score (nSPS) is 13.7. The number of nitrogens with zero attached hydrogens (tertiary/aromatic N) is 1. The third kappa shape index (κ3) is 4.00. The van der Waals surface area contributed by atoms with Crippen LogP contribution in [0.15, 0.2) is 190 Å². The van der Waals surface area contributed by atoms with Gasteiger partial charge in [-0.05, 0) is 100 Å². The number of furan rings is 1. The SMILES string of the molecule is c1ccc(N(c2ccc3c(c2)oc2ccccc23)c2cccc3sc4cc5c(cc4c23)-c2ccccc2C52c3ccccc3Sc3ccccc32)cc1. The molecule has 0 saturated heterocycles. The number of hydrogen-bond acceptors (Lipinski definition) is 4. The van der Waals surface area contributed by atoms with Gasteiger partial charge in [0.25, 0.3) is 0 Å². The lowest BCUT2D eigenvalue weighted by Gasteiger charge is -2.39. The van der Waals surface area contributed by atoms with E-state index in [1.807, 2.05) is 35.2 Å². The number of rotatable bonds is 3. The van der Waals surface area contributed by atoms with E-state index in [2.05, 4.69) is 169 Å². The summed E-state index contributed by atoms with van der Waals surface area (Å²) in [6.07, 6.45) is 0. The fourth-order valence-corrected chi connectivity index (χ4v) is 11.5. The van der Waals surface area contributed by atoms with Crippen LogP contribution in [0, 0.1) is 0 Å². The second-order valence-corrected chi connectivity index (χ2v) is 16.2. The Labute approximate surface area is 314 Å². The summed E-state index contributed by atoms with van der Waals surface area (Å²) in [7, 11) is 0. The van der Waals surface area contributed by atoms with Crippen molar-refractivity contribution in [2.45, 2.75) is 15.2 Å². The minimum absolute atomic E-state index is 0.393. The third-order valence-electron chi connectivity index (χ3n) is 11.3. The summed E-state index contributed by atoms with van der Waals surface area (Å²) in [5.41, 5.74) is 12.8. The maximum absolute atomic E-state index is 6.42. The van der Waals surface area contributed by atoms with Crippen molar-refractivity contribution in [3.8, 4) is 11.1 Å². The summed E-state index contributed by atoms with van der Waals surface area (Å²) in [5, 5.41) is 4.81. The number of fused-ring (bicyclic) bond motifs is 15. The van der Waals surface area contributed by atoms with E-state index in [1.54, 1.807) is 0 Å². The second kappa shape index (κ2) is 11.0. The first-order chi connectivity index (χ1) is 26.3. The van der Waals surface area contributed by atoms with Gasteiger partial charge in [-0.2, -0.15) is 0 Å². The molecule has 248 valence electrons. The zero-order valence-corrected chi connectivity index (χ0v) is 30.0. The molecule has 0 fully saturated rings. The Balaban J connectivity index is 1.14. The molecule has 4 heteroatoms. The van der Waals surface area contributed by atoms with E-state index < -0.39 is 5.41 Å². The molecule has 0 bridgehead atoms. The van der Waals surface area contributed by atoms with E-state index >= 15 is 0 Å². The molecule has 1 spiro atoms. The van der Waals surface area contributed by atoms with E-state index in [9.17, 15) is 0 Å². The molecule has 1 aliphatic carbocycles. The Hall–Kier alpha value is -6.07. The Morgan fingerprint density at radius 1 is 0.434 bits per heavy atom. The Morgan fingerprint density at radius 3 is 1.96 bits per heavy atom. The smallest absolute Gasteiger partial charge is 0.137 e. The molecule has 0 amide bonds. The molecule has 8 aromatic carbocycles. The molecule has 0 saturated carbocycles. The summed E-state index contributed by atoms with van der Waals surface area (Å²) < 4.78 is 8.99. The van der Waals surface area contributed by atoms with Crippen LogP contribution in [0.2, 0.25) is 0 Å². The minimum atomic E-state index is -0.393. The molecule has 10 aromatic rings. The standard InChI is InChI=1S/C49H29NOS2/c1-2-13-30(14-3-1)50(31-25-26-34-33-16-5-9-21-42(33)51-43(34)27-31)41-20-12-24-46-48(41)36-28-35-32-15-4-6-17-37(32)49(40(35)29-47(36)53-46)38-18-7-10-22-44(38)52-45-23-11-8-19-39(45)49/h1-29H. The average molecular weight is 712 g/mol. The lowest BCUT2D eigenvalue weighted by Crippen LogP contribution is -2.31. The predicted molar refractivity (Wildman–Crippen MR) is 223 cm³/mol. The highest BCUT2D eigenvalue weighted by molar-refractivity contribution is 7.99. The number of anilines is 3. The van der Waals surface area contributed by atoms with Gasteiger partial charge in [-0.3, -0.25) is 0 Å². The van der Waals surface area contributed by atoms with Crippen molar-refractivity contribution in [3.63, 3.8) is 0 Å². The molecular formula is C49H29NOS2. The topological polar surface area (TPSA) is 16.4 Å². The van der Waals surface area contributed by atoms with Gasteiger partial charge in [0.05, 0.1) is 11.1 Å². The maximum Gasteiger partial charge on any atom is 0.137 e. The van der Waals surface area contributed by atoms with E-state index in [1.165, 1.54) is 63.3 Å². The lowest BCUT2D eigenvalue weighted by atomic mass is 9.67. The van der Waals surface area contributed by atoms with Crippen LogP contribution in [0.25, 0.3) is 53.2 Å². The summed E-state index contributed by atoms with van der Waals surface area (Å²) in [6, 6.07) is 64.6. The first-order valence-corrected chi connectivity index (χ1v) is 19.6. The van der Waals surface area contributed by atoms with Crippen LogP contribution in [0.1, 0.15) is 22.3 Å². The monoisotopic (exact) mass is 711 g/mol. The molecular weight excluding hydrogens is 683 g/mol. The van der Waals surface area contributed by atoms with Crippen LogP contribution in [0.3, 0.4) is 0 Å². The van der Waals surface area contributed by atoms with Gasteiger partial charge in [-0.15, -0.1) is 11.3 Å². The molecule has 0 radical (unpaired) electrons. The van der Waals surface area contributed by atoms with Gasteiger partial charge in [0, 0.05) is 58.2 Å². The van der Waals surface area contributed by atoms with Gasteiger partial charge >= 0.3 is 0 Å². The first kappa shape index (κ1) is 29.5. The highest BCUT2D eigenvalue weighted by atomic mass is 32.2. The van der Waals surface area contributed by atoms with Crippen molar-refractivity contribution in [1.29, 1.82) is 0 Å². The van der Waals surface area contributed by atoms with Crippen LogP contribution in [0.5, 0.6) is 0 Å². The molecule has 53 heavy (non-hydrogen) atoms. The fourth-order valence-electron chi connectivity index (χ4n) is 9.20. The largest absolute Gasteiger partial charge is 0.456 e. The Morgan fingerprint density at radius 2 is 1.13 bits per heavy atom.